The van der Waals surface area contributed by atoms with Crippen molar-refractivity contribution in [2.24, 2.45) is 11.7 Å². The van der Waals surface area contributed by atoms with Crippen molar-refractivity contribution in [3.05, 3.63) is 35.9 Å². The molecule has 2 heterocycles. The van der Waals surface area contributed by atoms with Crippen molar-refractivity contribution in [1.82, 2.24) is 9.80 Å². The predicted molar refractivity (Wildman–Crippen MR) is 88.8 cm³/mol. The fraction of sp³-hybridized carbons (Fsp3) is 0.500. The topological polar surface area (TPSA) is 83.7 Å². The summed E-state index contributed by atoms with van der Waals surface area (Å²) in [5.41, 5.74) is 6.46. The van der Waals surface area contributed by atoms with Crippen LogP contribution < -0.4 is 5.73 Å². The van der Waals surface area contributed by atoms with Crippen LogP contribution in [0.25, 0.3) is 0 Å². The summed E-state index contributed by atoms with van der Waals surface area (Å²) >= 11 is 0. The first-order chi connectivity index (χ1) is 11.6. The lowest BCUT2D eigenvalue weighted by atomic mass is 9.95. The van der Waals surface area contributed by atoms with Crippen LogP contribution in [0.3, 0.4) is 0 Å². The molecule has 2 N–H and O–H groups in total. The van der Waals surface area contributed by atoms with E-state index in [0.717, 1.165) is 5.56 Å². The molecule has 3 amide bonds. The van der Waals surface area contributed by atoms with Crippen molar-refractivity contribution in [3.8, 4) is 0 Å². The molecule has 0 aromatic heterocycles. The molecule has 0 bridgehead atoms. The minimum atomic E-state index is -0.373. The van der Waals surface area contributed by atoms with Crippen molar-refractivity contribution >= 4 is 17.7 Å². The second kappa shape index (κ2) is 7.13. The summed E-state index contributed by atoms with van der Waals surface area (Å²) < 4.78 is 0. The summed E-state index contributed by atoms with van der Waals surface area (Å²) in [7, 11) is 0. The third kappa shape index (κ3) is 3.48. The van der Waals surface area contributed by atoms with Gasteiger partial charge in [-0.1, -0.05) is 30.3 Å². The van der Waals surface area contributed by atoms with E-state index in [2.05, 4.69) is 0 Å². The molecule has 0 spiro atoms. The summed E-state index contributed by atoms with van der Waals surface area (Å²) in [4.78, 5) is 39.5. The largest absolute Gasteiger partial charge is 0.369 e. The molecule has 1 atom stereocenters. The van der Waals surface area contributed by atoms with E-state index < -0.39 is 0 Å². The minimum Gasteiger partial charge on any atom is -0.369 e. The zero-order valence-electron chi connectivity index (χ0n) is 13.7. The number of imide groups is 1. The highest BCUT2D eigenvalue weighted by Gasteiger charge is 2.42. The molecule has 2 aliphatic rings. The zero-order valence-corrected chi connectivity index (χ0v) is 13.7. The number of piperidine rings is 1. The van der Waals surface area contributed by atoms with Gasteiger partial charge in [0.05, 0.1) is 12.5 Å². The third-order valence-electron chi connectivity index (χ3n) is 5.06. The molecule has 3 rings (SSSR count). The van der Waals surface area contributed by atoms with Gasteiger partial charge in [0, 0.05) is 12.5 Å². The number of hydrogen-bond donors (Lipinski definition) is 1. The molecule has 24 heavy (non-hydrogen) atoms. The number of rotatable bonds is 5. The number of carbonyl (C=O) groups is 3. The van der Waals surface area contributed by atoms with Crippen LogP contribution in [-0.2, 0) is 20.8 Å². The molecule has 1 aromatic carbocycles. The van der Waals surface area contributed by atoms with Crippen LogP contribution in [0.2, 0.25) is 0 Å². The van der Waals surface area contributed by atoms with E-state index in [-0.39, 0.29) is 36.1 Å². The fourth-order valence-electron chi connectivity index (χ4n) is 3.57. The maximum atomic E-state index is 12.6. The van der Waals surface area contributed by atoms with Crippen LogP contribution in [0, 0.1) is 5.92 Å². The molecule has 0 radical (unpaired) electrons. The van der Waals surface area contributed by atoms with Crippen molar-refractivity contribution in [1.29, 1.82) is 0 Å². The van der Waals surface area contributed by atoms with E-state index in [9.17, 15) is 14.4 Å². The average molecular weight is 329 g/mol. The molecule has 0 aliphatic carbocycles. The lowest BCUT2D eigenvalue weighted by Crippen LogP contribution is -2.47. The number of benzene rings is 1. The summed E-state index contributed by atoms with van der Waals surface area (Å²) in [5.74, 6) is -0.581. The van der Waals surface area contributed by atoms with Crippen LogP contribution in [0.15, 0.2) is 30.3 Å². The maximum Gasteiger partial charge on any atom is 0.247 e. The van der Waals surface area contributed by atoms with Crippen LogP contribution in [-0.4, -0.2) is 53.2 Å². The Labute approximate surface area is 141 Å². The molecule has 6 nitrogen and oxygen atoms in total. The zero-order chi connectivity index (χ0) is 17.1. The number of primary amides is 1. The summed E-state index contributed by atoms with van der Waals surface area (Å²) in [6.07, 6.45) is 2.25. The number of amides is 3. The third-order valence-corrected chi connectivity index (χ3v) is 5.06. The normalized spacial score (nSPS) is 23.0. The Balaban J connectivity index is 1.57. The van der Waals surface area contributed by atoms with Gasteiger partial charge < -0.3 is 5.73 Å². The van der Waals surface area contributed by atoms with Crippen molar-refractivity contribution < 1.29 is 14.4 Å². The molecular formula is C18H23N3O3. The molecule has 2 fully saturated rings. The summed E-state index contributed by atoms with van der Waals surface area (Å²) in [6.45, 7) is 1.71. The maximum absolute atomic E-state index is 12.6. The van der Waals surface area contributed by atoms with E-state index in [0.29, 0.717) is 38.9 Å². The SMILES string of the molecule is NC(=O)C1CCN([C@@H]2CC(=O)N(CCc3ccccc3)C2=O)CC1. The monoisotopic (exact) mass is 329 g/mol. The Morgan fingerprint density at radius 2 is 1.79 bits per heavy atom. The second-order valence-electron chi connectivity index (χ2n) is 6.55. The summed E-state index contributed by atoms with van der Waals surface area (Å²) in [6, 6.07) is 9.47. The van der Waals surface area contributed by atoms with E-state index in [4.69, 9.17) is 5.73 Å². The van der Waals surface area contributed by atoms with Crippen molar-refractivity contribution in [3.63, 3.8) is 0 Å². The van der Waals surface area contributed by atoms with Gasteiger partial charge in [-0.3, -0.25) is 24.2 Å². The van der Waals surface area contributed by atoms with Gasteiger partial charge in [0.15, 0.2) is 0 Å². The first-order valence-corrected chi connectivity index (χ1v) is 8.48. The standard InChI is InChI=1S/C18H23N3O3/c19-17(23)14-7-9-20(10-8-14)15-12-16(22)21(18(15)24)11-6-13-4-2-1-3-5-13/h1-5,14-15H,6-12H2,(H2,19,23)/t15-/m1/s1. The quantitative estimate of drug-likeness (QED) is 0.800. The molecule has 0 unspecified atom stereocenters. The molecule has 2 saturated heterocycles. The highest BCUT2D eigenvalue weighted by molar-refractivity contribution is 6.05. The first-order valence-electron chi connectivity index (χ1n) is 8.48. The van der Waals surface area contributed by atoms with E-state index >= 15 is 0 Å². The van der Waals surface area contributed by atoms with Crippen LogP contribution in [0.5, 0.6) is 0 Å². The van der Waals surface area contributed by atoms with Gasteiger partial charge in [0.25, 0.3) is 0 Å². The Hall–Kier alpha value is -2.21. The smallest absolute Gasteiger partial charge is 0.247 e. The number of nitrogens with two attached hydrogens (primary N) is 1. The second-order valence-corrected chi connectivity index (χ2v) is 6.55. The van der Waals surface area contributed by atoms with Crippen molar-refractivity contribution in [2.75, 3.05) is 19.6 Å². The van der Waals surface area contributed by atoms with Crippen LogP contribution >= 0.6 is 0 Å². The number of likely N-dealkylation sites (tertiary alicyclic amines) is 2. The number of carbonyl (C=O) groups excluding carboxylic acids is 3. The summed E-state index contributed by atoms with van der Waals surface area (Å²) in [5, 5.41) is 0. The number of hydrogen-bond acceptors (Lipinski definition) is 4. The molecule has 0 saturated carbocycles. The molecular weight excluding hydrogens is 306 g/mol. The molecule has 6 heteroatoms. The van der Waals surface area contributed by atoms with Gasteiger partial charge in [-0.15, -0.1) is 0 Å². The molecule has 128 valence electrons. The van der Waals surface area contributed by atoms with Gasteiger partial charge >= 0.3 is 0 Å². The lowest BCUT2D eigenvalue weighted by molar-refractivity contribution is -0.139. The van der Waals surface area contributed by atoms with Gasteiger partial charge in [-0.2, -0.15) is 0 Å². The lowest BCUT2D eigenvalue weighted by Gasteiger charge is -2.33. The Bertz CT molecular complexity index is 624. The predicted octanol–water partition coefficient (Wildman–Crippen LogP) is 0.554. The van der Waals surface area contributed by atoms with E-state index in [1.54, 1.807) is 0 Å². The molecule has 2 aliphatic heterocycles. The Morgan fingerprint density at radius 3 is 2.42 bits per heavy atom. The molecule has 1 aromatic rings. The van der Waals surface area contributed by atoms with Gasteiger partial charge in [0.2, 0.25) is 17.7 Å². The van der Waals surface area contributed by atoms with Gasteiger partial charge in [0.1, 0.15) is 0 Å². The Morgan fingerprint density at radius 1 is 1.12 bits per heavy atom. The van der Waals surface area contributed by atoms with Crippen LogP contribution in [0.4, 0.5) is 0 Å². The van der Waals surface area contributed by atoms with Gasteiger partial charge in [-0.05, 0) is 37.9 Å². The Kier molecular flexibility index (Phi) is 4.94. The van der Waals surface area contributed by atoms with E-state index in [1.165, 1.54) is 4.90 Å². The highest BCUT2D eigenvalue weighted by atomic mass is 16.2. The number of nitrogens with zero attached hydrogens (tertiary/aromatic N) is 2. The van der Waals surface area contributed by atoms with Gasteiger partial charge in [-0.25, -0.2) is 0 Å². The minimum absolute atomic E-state index is 0.0991. The van der Waals surface area contributed by atoms with Crippen molar-refractivity contribution in [2.45, 2.75) is 31.7 Å². The average Bonchev–Trinajstić information content (AvgIpc) is 2.88. The van der Waals surface area contributed by atoms with Crippen LogP contribution in [0.1, 0.15) is 24.8 Å². The fourth-order valence-corrected chi connectivity index (χ4v) is 3.57. The van der Waals surface area contributed by atoms with E-state index in [1.807, 2.05) is 35.2 Å². The first kappa shape index (κ1) is 16.6. The highest BCUT2D eigenvalue weighted by Crippen LogP contribution is 2.25.